The van der Waals surface area contributed by atoms with Crippen LogP contribution in [0.2, 0.25) is 0 Å². The van der Waals surface area contributed by atoms with Crippen molar-refractivity contribution in [3.8, 4) is 0 Å². The van der Waals surface area contributed by atoms with Gasteiger partial charge in [-0.25, -0.2) is 13.1 Å². The van der Waals surface area contributed by atoms with E-state index in [4.69, 9.17) is 0 Å². The first-order valence-electron chi connectivity index (χ1n) is 6.93. The normalized spacial score (nSPS) is 15.9. The Labute approximate surface area is 125 Å². The van der Waals surface area contributed by atoms with E-state index in [9.17, 15) is 8.42 Å². The topological polar surface area (TPSA) is 46.2 Å². The maximum Gasteiger partial charge on any atom is 0.240 e. The zero-order valence-corrected chi connectivity index (χ0v) is 13.4. The molecule has 0 radical (unpaired) electrons. The molecule has 0 spiro atoms. The fourth-order valence-electron chi connectivity index (χ4n) is 2.32. The number of hydrogen-bond acceptors (Lipinski definition) is 3. The number of rotatable bonds is 6. The lowest BCUT2D eigenvalue weighted by Gasteiger charge is -2.13. The first-order valence-corrected chi connectivity index (χ1v) is 9.64. The van der Waals surface area contributed by atoms with Crippen LogP contribution in [0, 0.1) is 0 Å². The predicted molar refractivity (Wildman–Crippen MR) is 84.6 cm³/mol. The fraction of sp³-hybridized carbons (Fsp3) is 0.467. The molecular weight excluding hydrogens is 290 g/mol. The van der Waals surface area contributed by atoms with Crippen LogP contribution in [-0.4, -0.2) is 21.2 Å². The third-order valence-corrected chi connectivity index (χ3v) is 5.71. The summed E-state index contributed by atoms with van der Waals surface area (Å²) in [6.07, 6.45) is 9.79. The van der Waals surface area contributed by atoms with E-state index in [2.05, 4.69) is 10.8 Å². The Kier molecular flexibility index (Phi) is 5.69. The lowest BCUT2D eigenvalue weighted by atomic mass is 9.97. The molecule has 0 aliphatic heterocycles. The van der Waals surface area contributed by atoms with Gasteiger partial charge in [0.05, 0.1) is 4.90 Å². The number of sulfonamides is 1. The minimum absolute atomic E-state index is 0.341. The van der Waals surface area contributed by atoms with Crippen molar-refractivity contribution in [2.24, 2.45) is 0 Å². The molecule has 0 fully saturated rings. The first kappa shape index (κ1) is 15.6. The summed E-state index contributed by atoms with van der Waals surface area (Å²) in [7, 11) is -3.37. The summed E-state index contributed by atoms with van der Waals surface area (Å²) >= 11 is 1.60. The number of benzene rings is 1. The van der Waals surface area contributed by atoms with Crippen molar-refractivity contribution < 1.29 is 8.42 Å². The maximum absolute atomic E-state index is 12.1. The van der Waals surface area contributed by atoms with Gasteiger partial charge >= 0.3 is 0 Å². The highest BCUT2D eigenvalue weighted by atomic mass is 32.2. The Bertz CT molecular complexity index is 562. The second-order valence-electron chi connectivity index (χ2n) is 4.93. The number of allylic oxidation sites excluding steroid dienone is 1. The molecule has 5 heteroatoms. The van der Waals surface area contributed by atoms with Crippen LogP contribution < -0.4 is 4.72 Å². The molecule has 1 aromatic carbocycles. The fourth-order valence-corrected chi connectivity index (χ4v) is 3.76. The molecule has 1 aromatic rings. The van der Waals surface area contributed by atoms with Gasteiger partial charge in [-0.1, -0.05) is 11.6 Å². The molecule has 1 aliphatic carbocycles. The van der Waals surface area contributed by atoms with Crippen molar-refractivity contribution in [3.05, 3.63) is 35.9 Å². The van der Waals surface area contributed by atoms with Gasteiger partial charge in [0.25, 0.3) is 0 Å². The zero-order chi connectivity index (χ0) is 14.4. The van der Waals surface area contributed by atoms with Gasteiger partial charge in [-0.3, -0.25) is 0 Å². The Hall–Kier alpha value is -0.780. The number of hydrogen-bond donors (Lipinski definition) is 1. The van der Waals surface area contributed by atoms with Crippen LogP contribution in [0.1, 0.15) is 32.1 Å². The van der Waals surface area contributed by atoms with Crippen molar-refractivity contribution >= 4 is 21.8 Å². The van der Waals surface area contributed by atoms with Crippen molar-refractivity contribution in [1.29, 1.82) is 0 Å². The minimum atomic E-state index is -3.37. The highest BCUT2D eigenvalue weighted by Crippen LogP contribution is 2.20. The van der Waals surface area contributed by atoms with Gasteiger partial charge in [0.2, 0.25) is 10.0 Å². The van der Waals surface area contributed by atoms with E-state index in [1.165, 1.54) is 18.4 Å². The van der Waals surface area contributed by atoms with Gasteiger partial charge in [0.1, 0.15) is 0 Å². The second kappa shape index (κ2) is 7.29. The average molecular weight is 311 g/mol. The Morgan fingerprint density at radius 2 is 1.95 bits per heavy atom. The Morgan fingerprint density at radius 3 is 2.55 bits per heavy atom. The largest absolute Gasteiger partial charge is 0.240 e. The van der Waals surface area contributed by atoms with Gasteiger partial charge in [0, 0.05) is 11.4 Å². The molecule has 0 atom stereocenters. The van der Waals surface area contributed by atoms with Crippen LogP contribution in [0.5, 0.6) is 0 Å². The minimum Gasteiger partial charge on any atom is -0.211 e. The number of thioether (sulfide) groups is 1. The molecule has 1 aliphatic rings. The summed E-state index contributed by atoms with van der Waals surface area (Å²) in [6.45, 7) is 0.485. The molecule has 0 saturated carbocycles. The second-order valence-corrected chi connectivity index (χ2v) is 7.58. The van der Waals surface area contributed by atoms with E-state index in [1.807, 2.05) is 18.4 Å². The van der Waals surface area contributed by atoms with Crippen molar-refractivity contribution in [2.45, 2.75) is 41.9 Å². The van der Waals surface area contributed by atoms with Gasteiger partial charge < -0.3 is 0 Å². The molecule has 1 N–H and O–H groups in total. The van der Waals surface area contributed by atoms with Crippen LogP contribution in [-0.2, 0) is 10.0 Å². The standard InChI is InChI=1S/C15H21NO2S2/c1-19-14-7-9-15(10-8-14)20(17,18)16-12-11-13-5-3-2-4-6-13/h5,7-10,16H,2-4,6,11-12H2,1H3. The average Bonchev–Trinajstić information content (AvgIpc) is 2.48. The smallest absolute Gasteiger partial charge is 0.211 e. The molecule has 20 heavy (non-hydrogen) atoms. The Morgan fingerprint density at radius 1 is 1.20 bits per heavy atom. The van der Waals surface area contributed by atoms with Crippen molar-refractivity contribution in [3.63, 3.8) is 0 Å². The van der Waals surface area contributed by atoms with Gasteiger partial charge in [-0.05, 0) is 62.6 Å². The third-order valence-electron chi connectivity index (χ3n) is 3.49. The summed E-state index contributed by atoms with van der Waals surface area (Å²) in [5.74, 6) is 0. The van der Waals surface area contributed by atoms with E-state index in [0.717, 1.165) is 24.2 Å². The van der Waals surface area contributed by atoms with Crippen LogP contribution in [0.25, 0.3) is 0 Å². The third kappa shape index (κ3) is 4.36. The highest BCUT2D eigenvalue weighted by Gasteiger charge is 2.13. The maximum atomic E-state index is 12.1. The zero-order valence-electron chi connectivity index (χ0n) is 11.8. The molecule has 0 heterocycles. The van der Waals surface area contributed by atoms with Crippen LogP contribution in [0.4, 0.5) is 0 Å². The van der Waals surface area contributed by atoms with E-state index in [0.29, 0.717) is 11.4 Å². The lowest BCUT2D eigenvalue weighted by molar-refractivity contribution is 0.579. The molecule has 110 valence electrons. The number of nitrogens with one attached hydrogen (secondary N) is 1. The summed E-state index contributed by atoms with van der Waals surface area (Å²) < 4.78 is 27.0. The quantitative estimate of drug-likeness (QED) is 0.645. The van der Waals surface area contributed by atoms with Crippen LogP contribution in [0.15, 0.2) is 45.7 Å². The van der Waals surface area contributed by atoms with Crippen molar-refractivity contribution in [2.75, 3.05) is 12.8 Å². The van der Waals surface area contributed by atoms with Crippen molar-refractivity contribution in [1.82, 2.24) is 4.72 Å². The highest BCUT2D eigenvalue weighted by molar-refractivity contribution is 7.98. The summed E-state index contributed by atoms with van der Waals surface area (Å²) in [4.78, 5) is 1.41. The molecular formula is C15H21NO2S2. The van der Waals surface area contributed by atoms with E-state index in [1.54, 1.807) is 23.9 Å². The molecule has 0 aromatic heterocycles. The summed E-state index contributed by atoms with van der Waals surface area (Å²) in [6, 6.07) is 6.99. The lowest BCUT2D eigenvalue weighted by Crippen LogP contribution is -2.25. The van der Waals surface area contributed by atoms with E-state index >= 15 is 0 Å². The molecule has 0 amide bonds. The first-order chi connectivity index (χ1) is 9.62. The van der Waals surface area contributed by atoms with Gasteiger partial charge in [-0.15, -0.1) is 11.8 Å². The van der Waals surface area contributed by atoms with Crippen LogP contribution >= 0.6 is 11.8 Å². The van der Waals surface area contributed by atoms with E-state index < -0.39 is 10.0 Å². The predicted octanol–water partition coefficient (Wildman–Crippen LogP) is 3.58. The molecule has 0 saturated heterocycles. The summed E-state index contributed by atoms with van der Waals surface area (Å²) in [5, 5.41) is 0. The van der Waals surface area contributed by atoms with Gasteiger partial charge in [-0.2, -0.15) is 0 Å². The molecule has 0 unspecified atom stereocenters. The monoisotopic (exact) mass is 311 g/mol. The Balaban J connectivity index is 1.91. The molecule has 2 rings (SSSR count). The molecule has 0 bridgehead atoms. The van der Waals surface area contributed by atoms with E-state index in [-0.39, 0.29) is 0 Å². The van der Waals surface area contributed by atoms with Crippen LogP contribution in [0.3, 0.4) is 0 Å². The van der Waals surface area contributed by atoms with Gasteiger partial charge in [0.15, 0.2) is 0 Å². The molecule has 3 nitrogen and oxygen atoms in total. The SMILES string of the molecule is CSc1ccc(S(=O)(=O)NCCC2=CCCCC2)cc1. The summed E-state index contributed by atoms with van der Waals surface area (Å²) in [5.41, 5.74) is 1.39.